The van der Waals surface area contributed by atoms with Gasteiger partial charge in [0.1, 0.15) is 11.4 Å². The lowest BCUT2D eigenvalue weighted by molar-refractivity contribution is -0.385. The smallest absolute Gasteiger partial charge is 0.291 e. The van der Waals surface area contributed by atoms with E-state index in [1.165, 1.54) is 13.0 Å². The molecule has 0 bridgehead atoms. The first kappa shape index (κ1) is 15.1. The van der Waals surface area contributed by atoms with E-state index in [0.717, 1.165) is 18.4 Å². The quantitative estimate of drug-likeness (QED) is 0.656. The summed E-state index contributed by atoms with van der Waals surface area (Å²) < 4.78 is 0. The van der Waals surface area contributed by atoms with Gasteiger partial charge in [-0.15, -0.1) is 0 Å². The van der Waals surface area contributed by atoms with Crippen LogP contribution in [0.4, 0.5) is 17.1 Å². The molecule has 3 rings (SSSR count). The number of pyridine rings is 1. The van der Waals surface area contributed by atoms with E-state index in [1.54, 1.807) is 0 Å². The summed E-state index contributed by atoms with van der Waals surface area (Å²) in [5.74, 6) is 0. The number of rotatable bonds is 3. The fraction of sp³-hybridized carbons (Fsp3) is 0.357. The molecule has 1 aromatic heterocycles. The number of aromatic nitrogens is 1. The lowest BCUT2D eigenvalue weighted by Crippen LogP contribution is -2.10. The van der Waals surface area contributed by atoms with Gasteiger partial charge in [0.2, 0.25) is 0 Å². The third-order valence-corrected chi connectivity index (χ3v) is 4.22. The van der Waals surface area contributed by atoms with E-state index in [4.69, 9.17) is 0 Å². The molecule has 9 heteroatoms. The first-order chi connectivity index (χ1) is 11.0. The van der Waals surface area contributed by atoms with Crippen molar-refractivity contribution in [1.82, 2.24) is 4.98 Å². The van der Waals surface area contributed by atoms with E-state index >= 15 is 0 Å². The number of hydrogen-bond donors (Lipinski definition) is 2. The second-order valence-corrected chi connectivity index (χ2v) is 5.50. The molecule has 1 aromatic carbocycles. The Bertz CT molecular complexity index is 849. The lowest BCUT2D eigenvalue weighted by atomic mass is 9.87. The molecule has 120 valence electrons. The van der Waals surface area contributed by atoms with Crippen molar-refractivity contribution in [3.05, 3.63) is 43.1 Å². The number of hydrogen-bond acceptors (Lipinski definition) is 7. The lowest BCUT2D eigenvalue weighted by Gasteiger charge is -2.19. The number of anilines is 1. The van der Waals surface area contributed by atoms with Crippen LogP contribution < -0.4 is 5.48 Å². The molecule has 2 N–H and O–H groups in total. The van der Waals surface area contributed by atoms with Crippen LogP contribution in [0.25, 0.3) is 10.9 Å². The van der Waals surface area contributed by atoms with Gasteiger partial charge in [0.05, 0.1) is 15.4 Å². The number of nitro groups is 2. The van der Waals surface area contributed by atoms with E-state index in [2.05, 4.69) is 4.98 Å². The molecule has 1 aliphatic rings. The molecule has 0 aliphatic heterocycles. The number of nitrogens with zero attached hydrogens (tertiary/aromatic N) is 3. The van der Waals surface area contributed by atoms with Crippen LogP contribution in [0.1, 0.15) is 29.7 Å². The summed E-state index contributed by atoms with van der Waals surface area (Å²) in [7, 11) is 0. The largest absolute Gasteiger partial charge is 0.316 e. The molecule has 1 heterocycles. The summed E-state index contributed by atoms with van der Waals surface area (Å²) in [6.07, 6.45) is 2.95. The number of fused-ring (bicyclic) bond motifs is 3. The van der Waals surface area contributed by atoms with Gasteiger partial charge < -0.3 is 0 Å². The minimum Gasteiger partial charge on any atom is -0.291 e. The van der Waals surface area contributed by atoms with Crippen molar-refractivity contribution in [3.63, 3.8) is 0 Å². The van der Waals surface area contributed by atoms with Gasteiger partial charge in [0.15, 0.2) is 0 Å². The van der Waals surface area contributed by atoms with Crippen LogP contribution in [0.15, 0.2) is 6.07 Å². The Labute approximate surface area is 130 Å². The predicted molar refractivity (Wildman–Crippen MR) is 81.8 cm³/mol. The summed E-state index contributed by atoms with van der Waals surface area (Å²) in [5, 5.41) is 32.2. The molecule has 9 nitrogen and oxygen atoms in total. The van der Waals surface area contributed by atoms with Gasteiger partial charge in [-0.25, -0.2) is 4.98 Å². The van der Waals surface area contributed by atoms with Crippen molar-refractivity contribution in [3.8, 4) is 0 Å². The Kier molecular flexibility index (Phi) is 3.57. The third-order valence-electron chi connectivity index (χ3n) is 4.22. The minimum atomic E-state index is -0.661. The highest BCUT2D eigenvalue weighted by Gasteiger charge is 2.29. The van der Waals surface area contributed by atoms with Gasteiger partial charge in [0.25, 0.3) is 5.69 Å². The Morgan fingerprint density at radius 3 is 2.39 bits per heavy atom. The standard InChI is InChI=1S/C14H14N4O5/c1-7-14(18(22)23)13(16-19)10-6-11(17(20)21)8-4-2-3-5-9(8)12(10)15-7/h6,19H,2-5H2,1H3,(H,15,16). The van der Waals surface area contributed by atoms with Crippen LogP contribution >= 0.6 is 0 Å². The van der Waals surface area contributed by atoms with E-state index in [-0.39, 0.29) is 28.1 Å². The zero-order valence-corrected chi connectivity index (χ0v) is 12.3. The van der Waals surface area contributed by atoms with E-state index in [1.807, 2.05) is 5.48 Å². The molecule has 0 saturated carbocycles. The van der Waals surface area contributed by atoms with Crippen LogP contribution in [0.3, 0.4) is 0 Å². The molecule has 0 fully saturated rings. The Morgan fingerprint density at radius 2 is 1.83 bits per heavy atom. The summed E-state index contributed by atoms with van der Waals surface area (Å²) in [6, 6.07) is 1.26. The van der Waals surface area contributed by atoms with E-state index in [0.29, 0.717) is 23.9 Å². The summed E-state index contributed by atoms with van der Waals surface area (Å²) in [6.45, 7) is 1.48. The van der Waals surface area contributed by atoms with Crippen molar-refractivity contribution in [2.45, 2.75) is 32.6 Å². The Balaban J connectivity index is 2.49. The maximum Gasteiger partial charge on any atom is 0.316 e. The minimum absolute atomic E-state index is 0.0800. The second kappa shape index (κ2) is 5.43. The molecule has 2 aromatic rings. The van der Waals surface area contributed by atoms with Crippen molar-refractivity contribution in [2.24, 2.45) is 0 Å². The zero-order valence-electron chi connectivity index (χ0n) is 12.3. The zero-order chi connectivity index (χ0) is 16.7. The van der Waals surface area contributed by atoms with Gasteiger partial charge in [-0.05, 0) is 38.2 Å². The molecule has 23 heavy (non-hydrogen) atoms. The molecule has 1 aliphatic carbocycles. The Hall–Kier alpha value is -2.81. The van der Waals surface area contributed by atoms with Crippen molar-refractivity contribution >= 4 is 28.0 Å². The molecular weight excluding hydrogens is 304 g/mol. The van der Waals surface area contributed by atoms with Crippen molar-refractivity contribution in [1.29, 1.82) is 0 Å². The van der Waals surface area contributed by atoms with Gasteiger partial charge >= 0.3 is 5.69 Å². The molecule has 0 radical (unpaired) electrons. The van der Waals surface area contributed by atoms with Crippen LogP contribution in [-0.2, 0) is 12.8 Å². The van der Waals surface area contributed by atoms with Crippen LogP contribution in [0.2, 0.25) is 0 Å². The Morgan fingerprint density at radius 1 is 1.17 bits per heavy atom. The number of nitro benzene ring substituents is 1. The van der Waals surface area contributed by atoms with Gasteiger partial charge in [-0.1, -0.05) is 0 Å². The van der Waals surface area contributed by atoms with Crippen LogP contribution in [-0.4, -0.2) is 20.0 Å². The molecular formula is C14H14N4O5. The average Bonchev–Trinajstić information content (AvgIpc) is 2.52. The number of aryl methyl sites for hydroxylation is 2. The molecule has 0 amide bonds. The maximum absolute atomic E-state index is 11.4. The van der Waals surface area contributed by atoms with Gasteiger partial charge in [-0.2, -0.15) is 0 Å². The first-order valence-electron chi connectivity index (χ1n) is 7.13. The number of nitrogens with one attached hydrogen (secondary N) is 1. The predicted octanol–water partition coefficient (Wildman–Crippen LogP) is 3.04. The first-order valence-corrected chi connectivity index (χ1v) is 7.13. The summed E-state index contributed by atoms with van der Waals surface area (Å²) >= 11 is 0. The monoisotopic (exact) mass is 318 g/mol. The second-order valence-electron chi connectivity index (χ2n) is 5.50. The number of benzene rings is 1. The van der Waals surface area contributed by atoms with Crippen molar-refractivity contribution in [2.75, 3.05) is 5.48 Å². The highest BCUT2D eigenvalue weighted by atomic mass is 16.6. The highest BCUT2D eigenvalue weighted by Crippen LogP contribution is 2.41. The fourth-order valence-electron chi connectivity index (χ4n) is 3.25. The van der Waals surface area contributed by atoms with E-state index < -0.39 is 9.85 Å². The van der Waals surface area contributed by atoms with Gasteiger partial charge in [0, 0.05) is 17.0 Å². The van der Waals surface area contributed by atoms with E-state index in [9.17, 15) is 25.4 Å². The molecule has 0 unspecified atom stereocenters. The molecule has 0 saturated heterocycles. The third kappa shape index (κ3) is 2.25. The molecule has 0 atom stereocenters. The van der Waals surface area contributed by atoms with Crippen LogP contribution in [0.5, 0.6) is 0 Å². The topological polar surface area (TPSA) is 131 Å². The summed E-state index contributed by atoms with van der Waals surface area (Å²) in [4.78, 5) is 25.8. The molecule has 0 spiro atoms. The van der Waals surface area contributed by atoms with Crippen molar-refractivity contribution < 1.29 is 15.1 Å². The average molecular weight is 318 g/mol. The summed E-state index contributed by atoms with van der Waals surface area (Å²) in [5.41, 5.74) is 3.22. The SMILES string of the molecule is Cc1nc2c3c(c([N+](=O)[O-])cc2c(NO)c1[N+](=O)[O-])CCCC3. The van der Waals surface area contributed by atoms with Crippen LogP contribution in [0, 0.1) is 27.2 Å². The normalized spacial score (nSPS) is 13.7. The fourth-order valence-corrected chi connectivity index (χ4v) is 3.25. The maximum atomic E-state index is 11.4. The van der Waals surface area contributed by atoms with Gasteiger partial charge in [-0.3, -0.25) is 30.9 Å². The highest BCUT2D eigenvalue weighted by molar-refractivity contribution is 6.00.